The van der Waals surface area contributed by atoms with E-state index in [1.807, 2.05) is 44.1 Å². The van der Waals surface area contributed by atoms with E-state index in [-0.39, 0.29) is 5.78 Å². The van der Waals surface area contributed by atoms with E-state index in [9.17, 15) is 9.90 Å². The zero-order valence-corrected chi connectivity index (χ0v) is 11.3. The van der Waals surface area contributed by atoms with Gasteiger partial charge >= 0.3 is 0 Å². The molecule has 0 amide bonds. The molecule has 1 aliphatic rings. The summed E-state index contributed by atoms with van der Waals surface area (Å²) in [6.07, 6.45) is 1.40. The Kier molecular flexibility index (Phi) is 3.55. The number of hydrogen-bond donors (Lipinski definition) is 1. The third-order valence-corrected chi connectivity index (χ3v) is 3.99. The topological polar surface area (TPSA) is 40.5 Å². The summed E-state index contributed by atoms with van der Waals surface area (Å²) < 4.78 is 0. The van der Waals surface area contributed by atoms with Crippen LogP contribution in [0.25, 0.3) is 0 Å². The van der Waals surface area contributed by atoms with E-state index in [0.29, 0.717) is 6.42 Å². The van der Waals surface area contributed by atoms with Crippen LogP contribution in [-0.2, 0) is 10.3 Å². The summed E-state index contributed by atoms with van der Waals surface area (Å²) in [7, 11) is 3.83. The van der Waals surface area contributed by atoms with Gasteiger partial charge in [0.05, 0.1) is 0 Å². The number of hydrogen-bond acceptors (Lipinski definition) is 3. The van der Waals surface area contributed by atoms with Crippen LogP contribution in [0, 0.1) is 6.92 Å². The Morgan fingerprint density at radius 2 is 2.11 bits per heavy atom. The SMILES string of the molecule is Cc1cccc(C2(N(C)C)CCCC(O)C2=O)c1. The molecule has 0 saturated heterocycles. The lowest BCUT2D eigenvalue weighted by Gasteiger charge is -2.43. The number of rotatable bonds is 2. The van der Waals surface area contributed by atoms with Crippen molar-refractivity contribution in [2.75, 3.05) is 14.1 Å². The highest BCUT2D eigenvalue weighted by molar-refractivity contribution is 5.93. The van der Waals surface area contributed by atoms with E-state index < -0.39 is 11.6 Å². The van der Waals surface area contributed by atoms with Gasteiger partial charge in [0.2, 0.25) is 0 Å². The number of carbonyl (C=O) groups is 1. The summed E-state index contributed by atoms with van der Waals surface area (Å²) in [5, 5.41) is 9.92. The molecule has 98 valence electrons. The number of benzene rings is 1. The predicted octanol–water partition coefficient (Wildman–Crippen LogP) is 1.87. The summed E-state index contributed by atoms with van der Waals surface area (Å²) in [6, 6.07) is 8.04. The van der Waals surface area contributed by atoms with Crippen LogP contribution >= 0.6 is 0 Å². The lowest BCUT2D eigenvalue weighted by atomic mass is 9.73. The highest BCUT2D eigenvalue weighted by atomic mass is 16.3. The van der Waals surface area contributed by atoms with E-state index in [1.165, 1.54) is 0 Å². The Morgan fingerprint density at radius 1 is 1.39 bits per heavy atom. The normalized spacial score (nSPS) is 28.7. The molecule has 3 heteroatoms. The van der Waals surface area contributed by atoms with Gasteiger partial charge in [-0.25, -0.2) is 0 Å². The average Bonchev–Trinajstić information content (AvgIpc) is 2.32. The van der Waals surface area contributed by atoms with Crippen LogP contribution in [0.4, 0.5) is 0 Å². The van der Waals surface area contributed by atoms with Crippen molar-refractivity contribution in [3.8, 4) is 0 Å². The van der Waals surface area contributed by atoms with Crippen molar-refractivity contribution in [3.05, 3.63) is 35.4 Å². The second-order valence-corrected chi connectivity index (χ2v) is 5.40. The number of carbonyl (C=O) groups excluding carboxylic acids is 1. The molecule has 0 bridgehead atoms. The Labute approximate surface area is 108 Å². The van der Waals surface area contributed by atoms with E-state index in [4.69, 9.17) is 0 Å². The van der Waals surface area contributed by atoms with Crippen LogP contribution in [0.1, 0.15) is 30.4 Å². The van der Waals surface area contributed by atoms with Gasteiger partial charge < -0.3 is 5.11 Å². The summed E-state index contributed by atoms with van der Waals surface area (Å²) in [6.45, 7) is 2.02. The fourth-order valence-corrected chi connectivity index (χ4v) is 2.97. The third kappa shape index (κ3) is 1.98. The van der Waals surface area contributed by atoms with Crippen LogP contribution in [0.5, 0.6) is 0 Å². The van der Waals surface area contributed by atoms with Crippen molar-refractivity contribution in [2.24, 2.45) is 0 Å². The third-order valence-electron chi connectivity index (χ3n) is 3.99. The maximum Gasteiger partial charge on any atom is 0.185 e. The van der Waals surface area contributed by atoms with Gasteiger partial charge in [-0.1, -0.05) is 29.8 Å². The summed E-state index contributed by atoms with van der Waals surface area (Å²) in [5.74, 6) is -0.0654. The lowest BCUT2D eigenvalue weighted by molar-refractivity contribution is -0.143. The first-order valence-corrected chi connectivity index (χ1v) is 6.45. The van der Waals surface area contributed by atoms with E-state index >= 15 is 0 Å². The molecule has 2 atom stereocenters. The molecule has 2 rings (SSSR count). The second kappa shape index (κ2) is 4.82. The van der Waals surface area contributed by atoms with Crippen molar-refractivity contribution >= 4 is 5.78 Å². The lowest BCUT2D eigenvalue weighted by Crippen LogP contribution is -2.54. The summed E-state index contributed by atoms with van der Waals surface area (Å²) in [4.78, 5) is 14.5. The van der Waals surface area contributed by atoms with Crippen molar-refractivity contribution in [2.45, 2.75) is 37.8 Å². The second-order valence-electron chi connectivity index (χ2n) is 5.40. The highest BCUT2D eigenvalue weighted by Gasteiger charge is 2.47. The molecular weight excluding hydrogens is 226 g/mol. The Bertz CT molecular complexity index is 456. The van der Waals surface area contributed by atoms with Gasteiger partial charge in [0.1, 0.15) is 11.6 Å². The molecule has 1 aromatic carbocycles. The van der Waals surface area contributed by atoms with Crippen molar-refractivity contribution < 1.29 is 9.90 Å². The summed E-state index contributed by atoms with van der Waals surface area (Å²) in [5.41, 5.74) is 1.47. The molecule has 18 heavy (non-hydrogen) atoms. The van der Waals surface area contributed by atoms with Crippen LogP contribution in [0.3, 0.4) is 0 Å². The van der Waals surface area contributed by atoms with E-state index in [1.54, 1.807) is 0 Å². The largest absolute Gasteiger partial charge is 0.385 e. The quantitative estimate of drug-likeness (QED) is 0.867. The first-order chi connectivity index (χ1) is 8.48. The number of aliphatic hydroxyl groups excluding tert-OH is 1. The smallest absolute Gasteiger partial charge is 0.185 e. The maximum atomic E-state index is 12.5. The number of aryl methyl sites for hydroxylation is 1. The van der Waals surface area contributed by atoms with Gasteiger partial charge in [-0.05, 0) is 45.8 Å². The molecule has 0 aromatic heterocycles. The van der Waals surface area contributed by atoms with Gasteiger partial charge in [-0.2, -0.15) is 0 Å². The average molecular weight is 247 g/mol. The molecule has 0 radical (unpaired) electrons. The van der Waals surface area contributed by atoms with Crippen molar-refractivity contribution in [3.63, 3.8) is 0 Å². The molecule has 3 nitrogen and oxygen atoms in total. The fraction of sp³-hybridized carbons (Fsp3) is 0.533. The van der Waals surface area contributed by atoms with E-state index in [2.05, 4.69) is 6.07 Å². The first-order valence-electron chi connectivity index (χ1n) is 6.45. The van der Waals surface area contributed by atoms with Gasteiger partial charge in [-0.15, -0.1) is 0 Å². The molecule has 0 aliphatic heterocycles. The van der Waals surface area contributed by atoms with E-state index in [0.717, 1.165) is 24.0 Å². The van der Waals surface area contributed by atoms with Gasteiger partial charge in [0, 0.05) is 0 Å². The molecular formula is C15H21NO2. The molecule has 1 fully saturated rings. The van der Waals surface area contributed by atoms with Crippen LogP contribution in [0.2, 0.25) is 0 Å². The monoisotopic (exact) mass is 247 g/mol. The highest BCUT2D eigenvalue weighted by Crippen LogP contribution is 2.38. The number of ketones is 1. The number of Topliss-reactive ketones (excluding diaryl/α,β-unsaturated/α-hetero) is 1. The zero-order chi connectivity index (χ0) is 13.3. The molecule has 1 saturated carbocycles. The minimum Gasteiger partial charge on any atom is -0.385 e. The zero-order valence-electron chi connectivity index (χ0n) is 11.3. The van der Waals surface area contributed by atoms with Crippen LogP contribution in [-0.4, -0.2) is 36.0 Å². The number of likely N-dealkylation sites (N-methyl/N-ethyl adjacent to an activating group) is 1. The molecule has 1 N–H and O–H groups in total. The standard InChI is InChI=1S/C15H21NO2/c1-11-6-4-7-12(10-11)15(16(2)3)9-5-8-13(17)14(15)18/h4,6-7,10,13,17H,5,8-9H2,1-3H3. The van der Waals surface area contributed by atoms with Gasteiger partial charge in [0.25, 0.3) is 0 Å². The Morgan fingerprint density at radius 3 is 2.72 bits per heavy atom. The molecule has 1 aromatic rings. The molecule has 0 spiro atoms. The number of nitrogens with zero attached hydrogens (tertiary/aromatic N) is 1. The van der Waals surface area contributed by atoms with Crippen molar-refractivity contribution in [1.29, 1.82) is 0 Å². The van der Waals surface area contributed by atoms with Gasteiger partial charge in [-0.3, -0.25) is 9.69 Å². The Hall–Kier alpha value is -1.19. The first kappa shape index (κ1) is 13.2. The van der Waals surface area contributed by atoms with Gasteiger partial charge in [0.15, 0.2) is 5.78 Å². The maximum absolute atomic E-state index is 12.5. The van der Waals surface area contributed by atoms with Crippen LogP contribution < -0.4 is 0 Å². The minimum absolute atomic E-state index is 0.0654. The van der Waals surface area contributed by atoms with Crippen molar-refractivity contribution in [1.82, 2.24) is 4.90 Å². The molecule has 1 aliphatic carbocycles. The fourth-order valence-electron chi connectivity index (χ4n) is 2.97. The predicted molar refractivity (Wildman–Crippen MR) is 71.4 cm³/mol. The Balaban J connectivity index is 2.53. The molecule has 2 unspecified atom stereocenters. The molecule has 0 heterocycles. The number of aliphatic hydroxyl groups is 1. The minimum atomic E-state index is -0.832. The summed E-state index contributed by atoms with van der Waals surface area (Å²) >= 11 is 0. The van der Waals surface area contributed by atoms with Crippen LogP contribution in [0.15, 0.2) is 24.3 Å².